The number of hydrogen-bond donors (Lipinski definition) is 1. The number of fused-ring (bicyclic) bond motifs is 1. The van der Waals surface area contributed by atoms with E-state index in [1.807, 2.05) is 28.6 Å². The molecule has 15 heavy (non-hydrogen) atoms. The van der Waals surface area contributed by atoms with Crippen molar-refractivity contribution in [2.75, 3.05) is 11.5 Å². The van der Waals surface area contributed by atoms with Gasteiger partial charge in [-0.1, -0.05) is 11.3 Å². The van der Waals surface area contributed by atoms with Crippen LogP contribution in [0.2, 0.25) is 0 Å². The second-order valence-electron chi connectivity index (χ2n) is 3.70. The van der Waals surface area contributed by atoms with Gasteiger partial charge in [-0.15, -0.1) is 5.10 Å². The van der Waals surface area contributed by atoms with Gasteiger partial charge in [0, 0.05) is 5.75 Å². The Morgan fingerprint density at radius 2 is 2.40 bits per heavy atom. The van der Waals surface area contributed by atoms with Gasteiger partial charge in [-0.2, -0.15) is 11.8 Å². The van der Waals surface area contributed by atoms with Gasteiger partial charge < -0.3 is 5.11 Å². The van der Waals surface area contributed by atoms with Crippen molar-refractivity contribution < 1.29 is 5.11 Å². The third-order valence-corrected chi connectivity index (χ3v) is 3.88. The van der Waals surface area contributed by atoms with Crippen LogP contribution in [-0.2, 0) is 0 Å². The van der Waals surface area contributed by atoms with Gasteiger partial charge >= 0.3 is 0 Å². The SMILES string of the molecule is Oc1cccc2c1nnn2C1CCSC1. The van der Waals surface area contributed by atoms with Crippen LogP contribution in [-0.4, -0.2) is 31.6 Å². The number of aromatic nitrogens is 3. The van der Waals surface area contributed by atoms with Gasteiger partial charge in [0.1, 0.15) is 5.75 Å². The van der Waals surface area contributed by atoms with Crippen molar-refractivity contribution in [2.45, 2.75) is 12.5 Å². The molecular weight excluding hydrogens is 210 g/mol. The predicted molar refractivity (Wildman–Crippen MR) is 60.2 cm³/mol. The summed E-state index contributed by atoms with van der Waals surface area (Å²) in [5, 5.41) is 17.8. The average molecular weight is 221 g/mol. The van der Waals surface area contributed by atoms with Crippen molar-refractivity contribution in [2.24, 2.45) is 0 Å². The highest BCUT2D eigenvalue weighted by atomic mass is 32.2. The van der Waals surface area contributed by atoms with Crippen molar-refractivity contribution in [1.82, 2.24) is 15.0 Å². The summed E-state index contributed by atoms with van der Waals surface area (Å²) in [6.07, 6.45) is 1.14. The first kappa shape index (κ1) is 9.03. The average Bonchev–Trinajstić information content (AvgIpc) is 2.85. The summed E-state index contributed by atoms with van der Waals surface area (Å²) in [6.45, 7) is 0. The molecule has 0 saturated carbocycles. The number of aromatic hydroxyl groups is 1. The molecule has 78 valence electrons. The summed E-state index contributed by atoms with van der Waals surface area (Å²) in [5.74, 6) is 2.49. The molecule has 1 N–H and O–H groups in total. The Labute approximate surface area is 91.3 Å². The van der Waals surface area contributed by atoms with E-state index in [4.69, 9.17) is 0 Å². The Balaban J connectivity index is 2.15. The number of hydrogen-bond acceptors (Lipinski definition) is 4. The number of nitrogens with zero attached hydrogens (tertiary/aromatic N) is 3. The molecule has 3 rings (SSSR count). The zero-order valence-electron chi connectivity index (χ0n) is 8.13. The Morgan fingerprint density at radius 1 is 1.47 bits per heavy atom. The molecule has 0 bridgehead atoms. The number of phenolic OH excluding ortho intramolecular Hbond substituents is 1. The molecule has 1 atom stereocenters. The predicted octanol–water partition coefficient (Wildman–Crippen LogP) is 1.81. The van der Waals surface area contributed by atoms with E-state index >= 15 is 0 Å². The highest BCUT2D eigenvalue weighted by Crippen LogP contribution is 2.31. The van der Waals surface area contributed by atoms with Crippen LogP contribution in [0.5, 0.6) is 5.75 Å². The molecule has 1 unspecified atom stereocenters. The van der Waals surface area contributed by atoms with Crippen LogP contribution in [0, 0.1) is 0 Å². The molecule has 1 saturated heterocycles. The van der Waals surface area contributed by atoms with Crippen LogP contribution in [0.3, 0.4) is 0 Å². The lowest BCUT2D eigenvalue weighted by Gasteiger charge is -2.08. The molecule has 1 aromatic carbocycles. The van der Waals surface area contributed by atoms with Gasteiger partial charge in [-0.05, 0) is 24.3 Å². The second-order valence-corrected chi connectivity index (χ2v) is 4.85. The van der Waals surface area contributed by atoms with E-state index in [-0.39, 0.29) is 5.75 Å². The van der Waals surface area contributed by atoms with E-state index < -0.39 is 0 Å². The van der Waals surface area contributed by atoms with E-state index in [0.717, 1.165) is 17.7 Å². The smallest absolute Gasteiger partial charge is 0.154 e. The molecule has 1 aliphatic rings. The third-order valence-electron chi connectivity index (χ3n) is 2.73. The van der Waals surface area contributed by atoms with E-state index in [0.29, 0.717) is 11.6 Å². The molecule has 0 aliphatic carbocycles. The number of phenols is 1. The minimum Gasteiger partial charge on any atom is -0.506 e. The zero-order chi connectivity index (χ0) is 10.3. The molecule has 2 aromatic rings. The molecular formula is C10H11N3OS. The lowest BCUT2D eigenvalue weighted by Crippen LogP contribution is -2.09. The fourth-order valence-electron chi connectivity index (χ4n) is 1.93. The van der Waals surface area contributed by atoms with Crippen LogP contribution in [0.1, 0.15) is 12.5 Å². The van der Waals surface area contributed by atoms with Gasteiger partial charge in [-0.25, -0.2) is 4.68 Å². The maximum Gasteiger partial charge on any atom is 0.154 e. The van der Waals surface area contributed by atoms with Crippen LogP contribution in [0.15, 0.2) is 18.2 Å². The summed E-state index contributed by atoms with van der Waals surface area (Å²) in [4.78, 5) is 0. The lowest BCUT2D eigenvalue weighted by molar-refractivity contribution is 0.480. The lowest BCUT2D eigenvalue weighted by atomic mass is 10.2. The van der Waals surface area contributed by atoms with Crippen molar-refractivity contribution in [3.8, 4) is 5.75 Å². The monoisotopic (exact) mass is 221 g/mol. The van der Waals surface area contributed by atoms with Gasteiger partial charge in [0.05, 0.1) is 11.6 Å². The zero-order valence-corrected chi connectivity index (χ0v) is 8.94. The minimum absolute atomic E-state index is 0.212. The topological polar surface area (TPSA) is 50.9 Å². The van der Waals surface area contributed by atoms with Crippen molar-refractivity contribution in [3.63, 3.8) is 0 Å². The highest BCUT2D eigenvalue weighted by Gasteiger charge is 2.21. The first-order chi connectivity index (χ1) is 7.36. The van der Waals surface area contributed by atoms with Gasteiger partial charge in [-0.3, -0.25) is 0 Å². The Hall–Kier alpha value is -1.23. The van der Waals surface area contributed by atoms with Crippen LogP contribution >= 0.6 is 11.8 Å². The van der Waals surface area contributed by atoms with Crippen LogP contribution in [0.4, 0.5) is 0 Å². The van der Waals surface area contributed by atoms with E-state index in [2.05, 4.69) is 10.3 Å². The molecule has 5 heteroatoms. The summed E-state index contributed by atoms with van der Waals surface area (Å²) in [7, 11) is 0. The van der Waals surface area contributed by atoms with E-state index in [1.54, 1.807) is 6.07 Å². The third kappa shape index (κ3) is 1.38. The fraction of sp³-hybridized carbons (Fsp3) is 0.400. The highest BCUT2D eigenvalue weighted by molar-refractivity contribution is 7.99. The minimum atomic E-state index is 0.212. The molecule has 0 amide bonds. The summed E-state index contributed by atoms with van der Waals surface area (Å²) in [6, 6.07) is 5.87. The summed E-state index contributed by atoms with van der Waals surface area (Å²) in [5.41, 5.74) is 1.54. The standard InChI is InChI=1S/C10H11N3OS/c14-9-3-1-2-8-10(9)11-12-13(8)7-4-5-15-6-7/h1-3,7,14H,4-6H2. The number of thioether (sulfide) groups is 1. The van der Waals surface area contributed by atoms with Crippen molar-refractivity contribution in [3.05, 3.63) is 18.2 Å². The summed E-state index contributed by atoms with van der Waals surface area (Å²) >= 11 is 1.94. The molecule has 0 spiro atoms. The maximum absolute atomic E-state index is 9.61. The van der Waals surface area contributed by atoms with Crippen LogP contribution in [0.25, 0.3) is 11.0 Å². The normalized spacial score (nSPS) is 21.2. The molecule has 1 aromatic heterocycles. The van der Waals surface area contributed by atoms with Crippen LogP contribution < -0.4 is 0 Å². The second kappa shape index (κ2) is 3.41. The molecule has 0 radical (unpaired) electrons. The molecule has 1 fully saturated rings. The largest absolute Gasteiger partial charge is 0.506 e. The van der Waals surface area contributed by atoms with E-state index in [9.17, 15) is 5.11 Å². The molecule has 2 heterocycles. The first-order valence-corrected chi connectivity index (χ1v) is 6.12. The van der Waals surface area contributed by atoms with Crippen molar-refractivity contribution in [1.29, 1.82) is 0 Å². The molecule has 1 aliphatic heterocycles. The number of rotatable bonds is 1. The Morgan fingerprint density at radius 3 is 3.20 bits per heavy atom. The van der Waals surface area contributed by atoms with Gasteiger partial charge in [0.25, 0.3) is 0 Å². The number of benzene rings is 1. The van der Waals surface area contributed by atoms with Crippen molar-refractivity contribution >= 4 is 22.8 Å². The maximum atomic E-state index is 9.61. The Kier molecular flexibility index (Phi) is 2.05. The fourth-order valence-corrected chi connectivity index (χ4v) is 3.12. The quantitative estimate of drug-likeness (QED) is 0.798. The van der Waals surface area contributed by atoms with Gasteiger partial charge in [0.2, 0.25) is 0 Å². The van der Waals surface area contributed by atoms with E-state index in [1.165, 1.54) is 5.75 Å². The van der Waals surface area contributed by atoms with Gasteiger partial charge in [0.15, 0.2) is 5.52 Å². The summed E-state index contributed by atoms with van der Waals surface area (Å²) < 4.78 is 1.94. The first-order valence-electron chi connectivity index (χ1n) is 4.97. The Bertz CT molecular complexity index is 490. The molecule has 4 nitrogen and oxygen atoms in total.